The molecule has 1 unspecified atom stereocenters. The zero-order valence-electron chi connectivity index (χ0n) is 24.2. The second-order valence-corrected chi connectivity index (χ2v) is 12.2. The van der Waals surface area contributed by atoms with Crippen molar-refractivity contribution in [1.29, 1.82) is 0 Å². The first kappa shape index (κ1) is 33.3. The van der Waals surface area contributed by atoms with Crippen molar-refractivity contribution in [2.45, 2.75) is 38.8 Å². The van der Waals surface area contributed by atoms with E-state index in [-0.39, 0.29) is 30.1 Å². The predicted molar refractivity (Wildman–Crippen MR) is 166 cm³/mol. The zero-order valence-corrected chi connectivity index (χ0v) is 25.8. The maximum atomic E-state index is 14.2. The minimum Gasteiger partial charge on any atom is -0.495 e. The van der Waals surface area contributed by atoms with Gasteiger partial charge in [0.25, 0.3) is 5.69 Å². The van der Waals surface area contributed by atoms with Crippen LogP contribution in [0.15, 0.2) is 72.8 Å². The van der Waals surface area contributed by atoms with Crippen molar-refractivity contribution in [3.8, 4) is 5.75 Å². The number of nitrogens with zero attached hydrogens (tertiary/aromatic N) is 3. The monoisotopic (exact) mass is 630 g/mol. The van der Waals surface area contributed by atoms with Gasteiger partial charge in [0.2, 0.25) is 21.8 Å². The third kappa shape index (κ3) is 9.42. The first-order valence-electron chi connectivity index (χ1n) is 13.6. The highest BCUT2D eigenvalue weighted by Crippen LogP contribution is 2.34. The Morgan fingerprint density at radius 3 is 2.30 bits per heavy atom. The average molecular weight is 631 g/mol. The maximum absolute atomic E-state index is 14.2. The molecule has 3 aromatic rings. The summed E-state index contributed by atoms with van der Waals surface area (Å²) in [7, 11) is -2.87. The summed E-state index contributed by atoms with van der Waals surface area (Å²) >= 11 is 6.07. The van der Waals surface area contributed by atoms with Crippen LogP contribution in [0.2, 0.25) is 5.02 Å². The SMILES string of the molecule is CCCCNC(=O)C(Cc1ccccc1)N(Cc1ccc(Cl)cc1)C(=O)CN(c1cc([N+](=O)[O-])ccc1OC)S(C)(=O)=O. The Morgan fingerprint density at radius 2 is 1.72 bits per heavy atom. The van der Waals surface area contributed by atoms with Crippen LogP contribution in [0.25, 0.3) is 0 Å². The molecule has 2 amide bonds. The highest BCUT2D eigenvalue weighted by molar-refractivity contribution is 7.92. The molecule has 13 heteroatoms. The molecule has 1 atom stereocenters. The number of hydrogen-bond acceptors (Lipinski definition) is 7. The number of nitro benzene ring substituents is 1. The van der Waals surface area contributed by atoms with Crippen LogP contribution in [0.1, 0.15) is 30.9 Å². The highest BCUT2D eigenvalue weighted by Gasteiger charge is 2.34. The maximum Gasteiger partial charge on any atom is 0.271 e. The minimum atomic E-state index is -4.16. The summed E-state index contributed by atoms with van der Waals surface area (Å²) in [6, 6.07) is 18.4. The fourth-order valence-corrected chi connectivity index (χ4v) is 5.40. The van der Waals surface area contributed by atoms with E-state index in [1.165, 1.54) is 24.1 Å². The van der Waals surface area contributed by atoms with Crippen LogP contribution < -0.4 is 14.4 Å². The summed E-state index contributed by atoms with van der Waals surface area (Å²) in [4.78, 5) is 40.0. The van der Waals surface area contributed by atoms with Crippen molar-refractivity contribution in [3.63, 3.8) is 0 Å². The fourth-order valence-electron chi connectivity index (χ4n) is 4.43. The van der Waals surface area contributed by atoms with E-state index < -0.39 is 39.3 Å². The standard InChI is InChI=1S/C30H35ClN4O7S/c1-4-5-17-32-30(37)27(18-22-9-7-6-8-10-22)33(20-23-11-13-24(31)14-12-23)29(36)21-34(43(3,40)41)26-19-25(35(38)39)15-16-28(26)42-2/h6-16,19,27H,4-5,17-18,20-21H2,1-3H3,(H,32,37). The Morgan fingerprint density at radius 1 is 1.05 bits per heavy atom. The van der Waals surface area contributed by atoms with Crippen molar-refractivity contribution in [3.05, 3.63) is 99.1 Å². The lowest BCUT2D eigenvalue weighted by molar-refractivity contribution is -0.384. The first-order valence-corrected chi connectivity index (χ1v) is 15.8. The summed E-state index contributed by atoms with van der Waals surface area (Å²) in [6.07, 6.45) is 2.65. The minimum absolute atomic E-state index is 0.0196. The van der Waals surface area contributed by atoms with Gasteiger partial charge in [-0.2, -0.15) is 0 Å². The molecule has 0 saturated carbocycles. The molecular weight excluding hydrogens is 596 g/mol. The number of ether oxygens (including phenoxy) is 1. The molecule has 0 heterocycles. The number of benzene rings is 3. The fraction of sp³-hybridized carbons (Fsp3) is 0.333. The Labute approximate surface area is 256 Å². The van der Waals surface area contributed by atoms with Crippen LogP contribution in [0, 0.1) is 10.1 Å². The van der Waals surface area contributed by atoms with Gasteiger partial charge >= 0.3 is 0 Å². The normalized spacial score (nSPS) is 11.8. The Balaban J connectivity index is 2.10. The quantitative estimate of drug-likeness (QED) is 0.147. The van der Waals surface area contributed by atoms with Gasteiger partial charge in [-0.25, -0.2) is 8.42 Å². The molecule has 0 saturated heterocycles. The summed E-state index contributed by atoms with van der Waals surface area (Å²) < 4.78 is 32.1. The Bertz CT molecular complexity index is 1520. The van der Waals surface area contributed by atoms with E-state index in [1.54, 1.807) is 24.3 Å². The topological polar surface area (TPSA) is 139 Å². The lowest BCUT2D eigenvalue weighted by Gasteiger charge is -2.33. The lowest BCUT2D eigenvalue weighted by atomic mass is 10.0. The van der Waals surface area contributed by atoms with E-state index in [2.05, 4.69) is 5.32 Å². The lowest BCUT2D eigenvalue weighted by Crippen LogP contribution is -2.53. The average Bonchev–Trinajstić information content (AvgIpc) is 2.98. The molecular formula is C30H35ClN4O7S. The molecule has 3 aromatic carbocycles. The number of unbranched alkanes of at least 4 members (excludes halogenated alkanes) is 1. The Kier molecular flexibility index (Phi) is 11.9. The number of nitro groups is 1. The number of methoxy groups -OCH3 is 1. The van der Waals surface area contributed by atoms with Crippen molar-refractivity contribution in [2.24, 2.45) is 0 Å². The van der Waals surface area contributed by atoms with Crippen LogP contribution in [0.3, 0.4) is 0 Å². The number of non-ortho nitro benzene ring substituents is 1. The largest absolute Gasteiger partial charge is 0.495 e. The van der Waals surface area contributed by atoms with Gasteiger partial charge in [-0.15, -0.1) is 0 Å². The van der Waals surface area contributed by atoms with Gasteiger partial charge in [-0.05, 0) is 35.7 Å². The number of hydrogen-bond donors (Lipinski definition) is 1. The zero-order chi connectivity index (χ0) is 31.6. The van der Waals surface area contributed by atoms with E-state index in [9.17, 15) is 28.1 Å². The highest BCUT2D eigenvalue weighted by atomic mass is 35.5. The molecule has 11 nitrogen and oxygen atoms in total. The van der Waals surface area contributed by atoms with Gasteiger partial charge in [0, 0.05) is 36.7 Å². The van der Waals surface area contributed by atoms with Crippen LogP contribution in [-0.4, -0.2) is 62.6 Å². The molecule has 0 radical (unpaired) electrons. The molecule has 0 aliphatic carbocycles. The van der Waals surface area contributed by atoms with Gasteiger partial charge in [0.15, 0.2) is 0 Å². The van der Waals surface area contributed by atoms with Crippen molar-refractivity contribution in [2.75, 3.05) is 30.8 Å². The van der Waals surface area contributed by atoms with Crippen molar-refractivity contribution < 1.29 is 27.7 Å². The molecule has 0 bridgehead atoms. The van der Waals surface area contributed by atoms with Crippen LogP contribution in [0.5, 0.6) is 5.75 Å². The molecule has 230 valence electrons. The second kappa shape index (κ2) is 15.4. The number of carbonyl (C=O) groups is 2. The number of nitrogens with one attached hydrogen (secondary N) is 1. The van der Waals surface area contributed by atoms with Gasteiger partial charge in [0.1, 0.15) is 24.0 Å². The number of halogens is 1. The third-order valence-corrected chi connectivity index (χ3v) is 8.07. The number of rotatable bonds is 15. The number of anilines is 1. The third-order valence-electron chi connectivity index (χ3n) is 6.69. The first-order chi connectivity index (χ1) is 20.4. The molecule has 1 N–H and O–H groups in total. The predicted octanol–water partition coefficient (Wildman–Crippen LogP) is 4.58. The van der Waals surface area contributed by atoms with Crippen LogP contribution >= 0.6 is 11.6 Å². The molecule has 0 aromatic heterocycles. The molecule has 0 spiro atoms. The summed E-state index contributed by atoms with van der Waals surface area (Å²) in [5.74, 6) is -1.06. The van der Waals surface area contributed by atoms with E-state index in [0.29, 0.717) is 17.1 Å². The number of sulfonamides is 1. The summed E-state index contributed by atoms with van der Waals surface area (Å²) in [5, 5.41) is 14.9. The van der Waals surface area contributed by atoms with Gasteiger partial charge in [-0.1, -0.05) is 67.4 Å². The smallest absolute Gasteiger partial charge is 0.271 e. The number of carbonyl (C=O) groups excluding carboxylic acids is 2. The van der Waals surface area contributed by atoms with Gasteiger partial charge < -0.3 is 15.0 Å². The molecule has 43 heavy (non-hydrogen) atoms. The van der Waals surface area contributed by atoms with Crippen LogP contribution in [-0.2, 0) is 32.6 Å². The van der Waals surface area contributed by atoms with Crippen LogP contribution in [0.4, 0.5) is 11.4 Å². The molecule has 0 fully saturated rings. The van der Waals surface area contributed by atoms with Crippen molar-refractivity contribution in [1.82, 2.24) is 10.2 Å². The van der Waals surface area contributed by atoms with Gasteiger partial charge in [-0.3, -0.25) is 24.0 Å². The Hall–Kier alpha value is -4.16. The summed E-state index contributed by atoms with van der Waals surface area (Å²) in [5.41, 5.74) is 0.904. The molecule has 0 aliphatic rings. The summed E-state index contributed by atoms with van der Waals surface area (Å²) in [6.45, 7) is 1.63. The molecule has 3 rings (SSSR count). The van der Waals surface area contributed by atoms with E-state index >= 15 is 0 Å². The van der Waals surface area contributed by atoms with Crippen molar-refractivity contribution >= 4 is 44.8 Å². The van der Waals surface area contributed by atoms with E-state index in [0.717, 1.165) is 35.0 Å². The molecule has 0 aliphatic heterocycles. The van der Waals surface area contributed by atoms with E-state index in [1.807, 2.05) is 37.3 Å². The second-order valence-electron chi connectivity index (χ2n) is 9.88. The van der Waals surface area contributed by atoms with E-state index in [4.69, 9.17) is 16.3 Å². The number of amides is 2. The van der Waals surface area contributed by atoms with Gasteiger partial charge in [0.05, 0.1) is 18.3 Å².